The highest BCUT2D eigenvalue weighted by Gasteiger charge is 2.15. The molecule has 0 saturated heterocycles. The summed E-state index contributed by atoms with van der Waals surface area (Å²) in [5.41, 5.74) is 1.46. The molecule has 1 amide bonds. The molecule has 3 rings (SSSR count). The number of halogens is 2. The van der Waals surface area contributed by atoms with Crippen LogP contribution in [0.1, 0.15) is 10.4 Å². The van der Waals surface area contributed by atoms with Gasteiger partial charge in [-0.2, -0.15) is 0 Å². The Morgan fingerprint density at radius 2 is 1.52 bits per heavy atom. The SMILES string of the molecule is O=C(Nc1ccccc1I)c1ccc(S(=O)(=O)Nc2ccc(Cl)cc2)cc1. The summed E-state index contributed by atoms with van der Waals surface area (Å²) >= 11 is 7.93. The van der Waals surface area contributed by atoms with Crippen LogP contribution in [0.25, 0.3) is 0 Å². The molecule has 0 bridgehead atoms. The molecule has 3 aromatic carbocycles. The van der Waals surface area contributed by atoms with Gasteiger partial charge in [-0.15, -0.1) is 0 Å². The number of anilines is 2. The monoisotopic (exact) mass is 512 g/mol. The highest BCUT2D eigenvalue weighted by atomic mass is 127. The number of para-hydroxylation sites is 1. The van der Waals surface area contributed by atoms with Crippen LogP contribution in [0.2, 0.25) is 5.02 Å². The van der Waals surface area contributed by atoms with Crippen molar-refractivity contribution in [3.05, 3.63) is 87.0 Å². The van der Waals surface area contributed by atoms with Crippen LogP contribution in [-0.2, 0) is 10.0 Å². The van der Waals surface area contributed by atoms with Crippen LogP contribution in [0.5, 0.6) is 0 Å². The first kappa shape index (κ1) is 19.7. The molecule has 3 aromatic rings. The van der Waals surface area contributed by atoms with E-state index in [1.165, 1.54) is 24.3 Å². The van der Waals surface area contributed by atoms with Crippen LogP contribution in [0.3, 0.4) is 0 Å². The summed E-state index contributed by atoms with van der Waals surface area (Å²) in [6, 6.07) is 19.5. The lowest BCUT2D eigenvalue weighted by Gasteiger charge is -2.10. The maximum absolute atomic E-state index is 12.5. The van der Waals surface area contributed by atoms with Crippen LogP contribution < -0.4 is 10.0 Å². The van der Waals surface area contributed by atoms with Crippen molar-refractivity contribution in [2.75, 3.05) is 10.0 Å². The summed E-state index contributed by atoms with van der Waals surface area (Å²) in [6.45, 7) is 0. The molecule has 0 aliphatic carbocycles. The van der Waals surface area contributed by atoms with Crippen molar-refractivity contribution in [1.82, 2.24) is 0 Å². The van der Waals surface area contributed by atoms with Crippen molar-refractivity contribution >= 4 is 61.5 Å². The minimum Gasteiger partial charge on any atom is -0.321 e. The molecule has 138 valence electrons. The van der Waals surface area contributed by atoms with Crippen molar-refractivity contribution in [2.45, 2.75) is 4.90 Å². The smallest absolute Gasteiger partial charge is 0.261 e. The van der Waals surface area contributed by atoms with Crippen molar-refractivity contribution in [3.8, 4) is 0 Å². The summed E-state index contributed by atoms with van der Waals surface area (Å²) < 4.78 is 28.3. The molecule has 0 unspecified atom stereocenters. The van der Waals surface area contributed by atoms with E-state index >= 15 is 0 Å². The second kappa shape index (κ2) is 8.28. The first-order valence-corrected chi connectivity index (χ1v) is 10.7. The zero-order chi connectivity index (χ0) is 19.4. The Morgan fingerprint density at radius 1 is 0.889 bits per heavy atom. The summed E-state index contributed by atoms with van der Waals surface area (Å²) in [7, 11) is -3.76. The van der Waals surface area contributed by atoms with E-state index in [9.17, 15) is 13.2 Å². The average Bonchev–Trinajstić information content (AvgIpc) is 2.65. The van der Waals surface area contributed by atoms with Gasteiger partial charge in [-0.25, -0.2) is 8.42 Å². The Balaban J connectivity index is 1.75. The van der Waals surface area contributed by atoms with Gasteiger partial charge in [0.1, 0.15) is 0 Å². The molecule has 5 nitrogen and oxygen atoms in total. The summed E-state index contributed by atoms with van der Waals surface area (Å²) in [4.78, 5) is 12.4. The molecule has 0 aliphatic rings. The Kier molecular flexibility index (Phi) is 6.03. The lowest BCUT2D eigenvalue weighted by molar-refractivity contribution is 0.102. The maximum atomic E-state index is 12.5. The van der Waals surface area contributed by atoms with Crippen LogP contribution in [0.4, 0.5) is 11.4 Å². The van der Waals surface area contributed by atoms with Gasteiger partial charge >= 0.3 is 0 Å². The van der Waals surface area contributed by atoms with Gasteiger partial charge in [-0.3, -0.25) is 9.52 Å². The van der Waals surface area contributed by atoms with Crippen molar-refractivity contribution in [1.29, 1.82) is 0 Å². The van der Waals surface area contributed by atoms with E-state index in [1.54, 1.807) is 30.3 Å². The zero-order valence-corrected chi connectivity index (χ0v) is 17.5. The predicted octanol–water partition coefficient (Wildman–Crippen LogP) is 5.00. The van der Waals surface area contributed by atoms with E-state index < -0.39 is 10.0 Å². The van der Waals surface area contributed by atoms with Gasteiger partial charge in [0, 0.05) is 19.8 Å². The second-order valence-corrected chi connectivity index (χ2v) is 8.85. The van der Waals surface area contributed by atoms with Gasteiger partial charge in [0.2, 0.25) is 0 Å². The van der Waals surface area contributed by atoms with Gasteiger partial charge in [-0.1, -0.05) is 23.7 Å². The van der Waals surface area contributed by atoms with Crippen molar-refractivity contribution < 1.29 is 13.2 Å². The molecule has 27 heavy (non-hydrogen) atoms. The van der Waals surface area contributed by atoms with Crippen molar-refractivity contribution in [3.63, 3.8) is 0 Å². The molecule has 0 heterocycles. The van der Waals surface area contributed by atoms with E-state index in [4.69, 9.17) is 11.6 Å². The molecule has 0 atom stereocenters. The van der Waals surface area contributed by atoms with E-state index in [-0.39, 0.29) is 10.8 Å². The standard InChI is InChI=1S/C19H14ClIN2O3S/c20-14-7-9-15(10-8-14)23-27(25,26)16-11-5-13(6-12-16)19(24)22-18-4-2-1-3-17(18)21/h1-12,23H,(H,22,24). The number of hydrogen-bond acceptors (Lipinski definition) is 3. The lowest BCUT2D eigenvalue weighted by atomic mass is 10.2. The topological polar surface area (TPSA) is 75.3 Å². The number of sulfonamides is 1. The van der Waals surface area contributed by atoms with Crippen molar-refractivity contribution in [2.24, 2.45) is 0 Å². The third kappa shape index (κ3) is 5.00. The minimum atomic E-state index is -3.76. The molecule has 0 aromatic heterocycles. The van der Waals surface area contributed by atoms with Crippen LogP contribution in [0, 0.1) is 3.57 Å². The molecule has 0 saturated carbocycles. The Bertz CT molecular complexity index is 1070. The first-order chi connectivity index (χ1) is 12.8. The number of carbonyl (C=O) groups is 1. The first-order valence-electron chi connectivity index (χ1n) is 7.79. The predicted molar refractivity (Wildman–Crippen MR) is 116 cm³/mol. The maximum Gasteiger partial charge on any atom is 0.261 e. The molecular weight excluding hydrogens is 499 g/mol. The summed E-state index contributed by atoms with van der Waals surface area (Å²) in [5.74, 6) is -0.311. The second-order valence-electron chi connectivity index (χ2n) is 5.57. The van der Waals surface area contributed by atoms with E-state index in [2.05, 4.69) is 32.6 Å². The third-order valence-corrected chi connectivity index (χ3v) is 6.24. The quantitative estimate of drug-likeness (QED) is 0.473. The number of rotatable bonds is 5. The third-order valence-electron chi connectivity index (χ3n) is 3.65. The largest absolute Gasteiger partial charge is 0.321 e. The molecule has 8 heteroatoms. The van der Waals surface area contributed by atoms with E-state index in [0.29, 0.717) is 22.0 Å². The Labute approximate surface area is 175 Å². The fourth-order valence-corrected chi connectivity index (χ4v) is 3.98. The molecular formula is C19H14ClIN2O3S. The number of benzene rings is 3. The fraction of sp³-hybridized carbons (Fsp3) is 0. The number of amides is 1. The Hall–Kier alpha value is -2.10. The van der Waals surface area contributed by atoms with Gasteiger partial charge in [0.15, 0.2) is 0 Å². The number of nitrogens with one attached hydrogen (secondary N) is 2. The summed E-state index contributed by atoms with van der Waals surface area (Å²) in [5, 5.41) is 3.32. The van der Waals surface area contributed by atoms with Gasteiger partial charge in [0.05, 0.1) is 10.6 Å². The molecule has 0 fully saturated rings. The molecule has 0 aliphatic heterocycles. The molecule has 0 spiro atoms. The van der Waals surface area contributed by atoms with Crippen LogP contribution in [0.15, 0.2) is 77.7 Å². The number of carbonyl (C=O) groups excluding carboxylic acids is 1. The van der Waals surface area contributed by atoms with Crippen LogP contribution in [-0.4, -0.2) is 14.3 Å². The Morgan fingerprint density at radius 3 is 2.15 bits per heavy atom. The van der Waals surface area contributed by atoms with E-state index in [0.717, 1.165) is 3.57 Å². The van der Waals surface area contributed by atoms with Gasteiger partial charge in [-0.05, 0) is 83.3 Å². The lowest BCUT2D eigenvalue weighted by Crippen LogP contribution is -2.15. The molecule has 0 radical (unpaired) electrons. The van der Waals surface area contributed by atoms with Gasteiger partial charge in [0.25, 0.3) is 15.9 Å². The van der Waals surface area contributed by atoms with Crippen LogP contribution >= 0.6 is 34.2 Å². The minimum absolute atomic E-state index is 0.0586. The average molecular weight is 513 g/mol. The molecule has 2 N–H and O–H groups in total. The fourth-order valence-electron chi connectivity index (χ4n) is 2.27. The zero-order valence-electron chi connectivity index (χ0n) is 13.8. The number of hydrogen-bond donors (Lipinski definition) is 2. The highest BCUT2D eigenvalue weighted by molar-refractivity contribution is 14.1. The van der Waals surface area contributed by atoms with Gasteiger partial charge < -0.3 is 5.32 Å². The van der Waals surface area contributed by atoms with E-state index in [1.807, 2.05) is 18.2 Å². The summed E-state index contributed by atoms with van der Waals surface area (Å²) in [6.07, 6.45) is 0. The normalized spacial score (nSPS) is 11.0. The highest BCUT2D eigenvalue weighted by Crippen LogP contribution is 2.20.